The molecule has 2 saturated heterocycles. The molecule has 19 heavy (non-hydrogen) atoms. The number of carbonyl (C=O) groups excluding carboxylic acids is 1. The number of nitrogens with one attached hydrogen (secondary N) is 1. The topological polar surface area (TPSA) is 72.9 Å². The van der Waals surface area contributed by atoms with E-state index in [1.165, 1.54) is 20.3 Å². The largest absolute Gasteiger partial charge is 0.480 e. The van der Waals surface area contributed by atoms with Gasteiger partial charge < -0.3 is 15.3 Å². The zero-order valence-corrected chi connectivity index (χ0v) is 11.7. The molecule has 0 aliphatic carbocycles. The predicted molar refractivity (Wildman–Crippen MR) is 71.0 cm³/mol. The Morgan fingerprint density at radius 2 is 1.89 bits per heavy atom. The quantitative estimate of drug-likeness (QED) is 0.775. The Morgan fingerprint density at radius 3 is 2.58 bits per heavy atom. The van der Waals surface area contributed by atoms with E-state index in [9.17, 15) is 9.59 Å². The molecule has 6 nitrogen and oxygen atoms in total. The van der Waals surface area contributed by atoms with Crippen LogP contribution in [0.1, 0.15) is 33.1 Å². The third-order valence-electron chi connectivity index (χ3n) is 4.04. The summed E-state index contributed by atoms with van der Waals surface area (Å²) in [6.07, 6.45) is 3.28. The molecule has 0 spiro atoms. The van der Waals surface area contributed by atoms with Gasteiger partial charge in [-0.2, -0.15) is 0 Å². The van der Waals surface area contributed by atoms with Gasteiger partial charge in [0, 0.05) is 25.7 Å². The second-order valence-electron chi connectivity index (χ2n) is 5.99. The fourth-order valence-electron chi connectivity index (χ4n) is 2.79. The fraction of sp³-hybridized carbons (Fsp3) is 0.846. The van der Waals surface area contributed by atoms with E-state index in [2.05, 4.69) is 10.2 Å². The number of amides is 2. The van der Waals surface area contributed by atoms with E-state index in [1.807, 2.05) is 0 Å². The predicted octanol–water partition coefficient (Wildman–Crippen LogP) is 0.729. The minimum absolute atomic E-state index is 0.263. The Bertz CT molecular complexity index is 370. The van der Waals surface area contributed by atoms with Gasteiger partial charge >= 0.3 is 12.0 Å². The number of hydrogen-bond acceptors (Lipinski definition) is 3. The van der Waals surface area contributed by atoms with Crippen LogP contribution in [0.3, 0.4) is 0 Å². The minimum atomic E-state index is -1.22. The lowest BCUT2D eigenvalue weighted by atomic mass is 10.1. The van der Waals surface area contributed by atoms with Crippen LogP contribution >= 0.6 is 0 Å². The van der Waals surface area contributed by atoms with Crippen molar-refractivity contribution in [1.82, 2.24) is 15.1 Å². The van der Waals surface area contributed by atoms with Crippen LogP contribution in [0.25, 0.3) is 0 Å². The van der Waals surface area contributed by atoms with Crippen LogP contribution in [0.5, 0.6) is 0 Å². The number of carboxylic acid groups (broad SMARTS) is 1. The summed E-state index contributed by atoms with van der Waals surface area (Å²) in [5, 5.41) is 11.7. The van der Waals surface area contributed by atoms with E-state index >= 15 is 0 Å². The normalized spacial score (nSPS) is 24.7. The molecule has 0 aromatic rings. The Kier molecular flexibility index (Phi) is 3.99. The molecular weight excluding hydrogens is 246 g/mol. The Morgan fingerprint density at radius 1 is 1.21 bits per heavy atom. The summed E-state index contributed by atoms with van der Waals surface area (Å²) in [5.41, 5.74) is -1.22. The van der Waals surface area contributed by atoms with Crippen LogP contribution in [-0.4, -0.2) is 64.7 Å². The van der Waals surface area contributed by atoms with E-state index in [1.54, 1.807) is 4.90 Å². The van der Waals surface area contributed by atoms with E-state index in [4.69, 9.17) is 5.11 Å². The van der Waals surface area contributed by atoms with Crippen LogP contribution < -0.4 is 5.32 Å². The molecule has 0 aromatic carbocycles. The highest BCUT2D eigenvalue weighted by atomic mass is 16.4. The number of rotatable bonds is 2. The van der Waals surface area contributed by atoms with Gasteiger partial charge in [-0.15, -0.1) is 0 Å². The van der Waals surface area contributed by atoms with Gasteiger partial charge in [0.25, 0.3) is 0 Å². The smallest absolute Gasteiger partial charge is 0.328 e. The van der Waals surface area contributed by atoms with Crippen molar-refractivity contribution in [2.75, 3.05) is 26.2 Å². The van der Waals surface area contributed by atoms with E-state index < -0.39 is 11.5 Å². The molecule has 0 radical (unpaired) electrons. The summed E-state index contributed by atoms with van der Waals surface area (Å²) in [5.74, 6) is -1.02. The van der Waals surface area contributed by atoms with Crippen LogP contribution in [-0.2, 0) is 4.79 Å². The van der Waals surface area contributed by atoms with Crippen LogP contribution in [0, 0.1) is 0 Å². The maximum atomic E-state index is 12.2. The van der Waals surface area contributed by atoms with Gasteiger partial charge in [0.15, 0.2) is 0 Å². The summed E-state index contributed by atoms with van der Waals surface area (Å²) < 4.78 is 0. The summed E-state index contributed by atoms with van der Waals surface area (Å²) >= 11 is 0. The number of fused-ring (bicyclic) bond motifs is 1. The van der Waals surface area contributed by atoms with Crippen molar-refractivity contribution in [3.05, 3.63) is 0 Å². The molecule has 2 aliphatic rings. The molecule has 1 unspecified atom stereocenters. The molecule has 0 aromatic heterocycles. The number of urea groups is 1. The fourth-order valence-corrected chi connectivity index (χ4v) is 2.79. The SMILES string of the molecule is CC(C)(NC(=O)N1CCCN2CCCC2C1)C(=O)O. The zero-order valence-electron chi connectivity index (χ0n) is 11.7. The van der Waals surface area contributed by atoms with Crippen molar-refractivity contribution >= 4 is 12.0 Å². The summed E-state index contributed by atoms with van der Waals surface area (Å²) in [6, 6.07) is 0.183. The first-order valence-corrected chi connectivity index (χ1v) is 6.95. The van der Waals surface area contributed by atoms with Gasteiger partial charge in [0.05, 0.1) is 0 Å². The highest BCUT2D eigenvalue weighted by Crippen LogP contribution is 2.21. The standard InChI is InChI=1S/C13H23N3O3/c1-13(2,11(17)18)14-12(19)16-8-4-7-15-6-3-5-10(15)9-16/h10H,3-9H2,1-2H3,(H,14,19)(H,17,18). The van der Waals surface area contributed by atoms with E-state index in [-0.39, 0.29) is 6.03 Å². The Labute approximate surface area is 113 Å². The highest BCUT2D eigenvalue weighted by Gasteiger charge is 2.34. The Balaban J connectivity index is 1.97. The van der Waals surface area contributed by atoms with Gasteiger partial charge in [-0.25, -0.2) is 9.59 Å². The average Bonchev–Trinajstić information content (AvgIpc) is 2.65. The Hall–Kier alpha value is -1.30. The third-order valence-corrected chi connectivity index (χ3v) is 4.04. The van der Waals surface area contributed by atoms with Crippen molar-refractivity contribution in [2.24, 2.45) is 0 Å². The van der Waals surface area contributed by atoms with Gasteiger partial charge in [0.1, 0.15) is 5.54 Å². The molecule has 0 saturated carbocycles. The molecule has 2 amide bonds. The molecule has 6 heteroatoms. The van der Waals surface area contributed by atoms with Crippen molar-refractivity contribution in [3.8, 4) is 0 Å². The second kappa shape index (κ2) is 5.36. The van der Waals surface area contributed by atoms with Crippen molar-refractivity contribution in [2.45, 2.75) is 44.7 Å². The number of carbonyl (C=O) groups is 2. The number of aliphatic carboxylic acids is 1. The lowest BCUT2D eigenvalue weighted by Gasteiger charge is -2.29. The number of hydrogen-bond donors (Lipinski definition) is 2. The van der Waals surface area contributed by atoms with Gasteiger partial charge in [0.2, 0.25) is 0 Å². The molecule has 2 rings (SSSR count). The van der Waals surface area contributed by atoms with Crippen LogP contribution in [0.15, 0.2) is 0 Å². The summed E-state index contributed by atoms with van der Waals surface area (Å²) in [6.45, 7) is 6.59. The van der Waals surface area contributed by atoms with Crippen molar-refractivity contribution in [1.29, 1.82) is 0 Å². The molecule has 108 valence electrons. The second-order valence-corrected chi connectivity index (χ2v) is 5.99. The highest BCUT2D eigenvalue weighted by molar-refractivity contribution is 5.85. The first kappa shape index (κ1) is 14.1. The van der Waals surface area contributed by atoms with Gasteiger partial charge in [-0.3, -0.25) is 4.90 Å². The van der Waals surface area contributed by atoms with Crippen molar-refractivity contribution in [3.63, 3.8) is 0 Å². The van der Waals surface area contributed by atoms with E-state index in [0.29, 0.717) is 19.1 Å². The molecule has 2 heterocycles. The summed E-state index contributed by atoms with van der Waals surface area (Å²) in [4.78, 5) is 27.4. The van der Waals surface area contributed by atoms with Gasteiger partial charge in [-0.1, -0.05) is 0 Å². The monoisotopic (exact) mass is 269 g/mol. The number of carboxylic acids is 1. The van der Waals surface area contributed by atoms with Crippen molar-refractivity contribution < 1.29 is 14.7 Å². The first-order chi connectivity index (χ1) is 8.90. The number of nitrogens with zero attached hydrogens (tertiary/aromatic N) is 2. The average molecular weight is 269 g/mol. The lowest BCUT2D eigenvalue weighted by molar-refractivity contribution is -0.143. The molecule has 1 atom stereocenters. The first-order valence-electron chi connectivity index (χ1n) is 6.95. The molecule has 2 fully saturated rings. The van der Waals surface area contributed by atoms with Crippen LogP contribution in [0.4, 0.5) is 4.79 Å². The molecule has 2 N–H and O–H groups in total. The lowest BCUT2D eigenvalue weighted by Crippen LogP contribution is -2.55. The van der Waals surface area contributed by atoms with Crippen LogP contribution in [0.2, 0.25) is 0 Å². The minimum Gasteiger partial charge on any atom is -0.480 e. The molecule has 2 aliphatic heterocycles. The summed E-state index contributed by atoms with van der Waals surface area (Å²) in [7, 11) is 0. The van der Waals surface area contributed by atoms with Gasteiger partial charge in [-0.05, 0) is 39.7 Å². The molecular formula is C13H23N3O3. The maximum Gasteiger partial charge on any atom is 0.328 e. The zero-order chi connectivity index (χ0) is 14.0. The van der Waals surface area contributed by atoms with E-state index in [0.717, 1.165) is 25.9 Å². The molecule has 0 bridgehead atoms. The maximum absolute atomic E-state index is 12.2. The third kappa shape index (κ3) is 3.18.